The molecule has 0 spiro atoms. The van der Waals surface area contributed by atoms with E-state index in [0.29, 0.717) is 6.61 Å². The molecule has 3 nitrogen and oxygen atoms in total. The van der Waals surface area contributed by atoms with Crippen molar-refractivity contribution in [2.24, 2.45) is 0 Å². The molecular formula is C17H25NO2. The lowest BCUT2D eigenvalue weighted by Gasteiger charge is -2.42. The van der Waals surface area contributed by atoms with E-state index in [1.165, 1.54) is 32.1 Å². The van der Waals surface area contributed by atoms with Crippen molar-refractivity contribution in [3.8, 4) is 11.5 Å². The van der Waals surface area contributed by atoms with Crippen molar-refractivity contribution < 1.29 is 9.47 Å². The zero-order valence-electron chi connectivity index (χ0n) is 12.4. The summed E-state index contributed by atoms with van der Waals surface area (Å²) in [5.41, 5.74) is 0.0368. The minimum absolute atomic E-state index is 0.0368. The molecule has 0 heterocycles. The lowest BCUT2D eigenvalue weighted by molar-refractivity contribution is -0.0164. The summed E-state index contributed by atoms with van der Waals surface area (Å²) in [6.45, 7) is 3.76. The van der Waals surface area contributed by atoms with E-state index in [1.807, 2.05) is 31.2 Å². The Morgan fingerprint density at radius 2 is 1.95 bits per heavy atom. The predicted octanol–water partition coefficient (Wildman–Crippen LogP) is 3.53. The summed E-state index contributed by atoms with van der Waals surface area (Å²) >= 11 is 0. The Labute approximate surface area is 121 Å². The van der Waals surface area contributed by atoms with Gasteiger partial charge >= 0.3 is 0 Å². The van der Waals surface area contributed by atoms with Gasteiger partial charge in [0, 0.05) is 6.04 Å². The van der Waals surface area contributed by atoms with Crippen LogP contribution in [0.1, 0.15) is 45.4 Å². The lowest BCUT2D eigenvalue weighted by atomic mass is 9.77. The first-order valence-electron chi connectivity index (χ1n) is 7.95. The van der Waals surface area contributed by atoms with Crippen LogP contribution in [-0.2, 0) is 0 Å². The smallest absolute Gasteiger partial charge is 0.162 e. The molecule has 2 aliphatic carbocycles. The molecule has 2 fully saturated rings. The number of hydrogen-bond donors (Lipinski definition) is 1. The van der Waals surface area contributed by atoms with E-state index in [1.54, 1.807) is 0 Å². The number of benzene rings is 1. The number of hydrogen-bond acceptors (Lipinski definition) is 3. The van der Waals surface area contributed by atoms with Crippen LogP contribution >= 0.6 is 0 Å². The van der Waals surface area contributed by atoms with Crippen LogP contribution < -0.4 is 14.8 Å². The second kappa shape index (κ2) is 6.04. The van der Waals surface area contributed by atoms with Crippen molar-refractivity contribution in [3.63, 3.8) is 0 Å². The highest BCUT2D eigenvalue weighted by Gasteiger charge is 2.39. The van der Waals surface area contributed by atoms with Crippen LogP contribution in [0.2, 0.25) is 0 Å². The SMILES string of the molecule is CCOc1ccccc1OC1(CCNC2CC2)CCC1. The minimum atomic E-state index is 0.0368. The van der Waals surface area contributed by atoms with Gasteiger partial charge < -0.3 is 14.8 Å². The summed E-state index contributed by atoms with van der Waals surface area (Å²) in [7, 11) is 0. The number of para-hydroxylation sites is 2. The summed E-state index contributed by atoms with van der Waals surface area (Å²) in [6.07, 6.45) is 7.41. The molecule has 0 aliphatic heterocycles. The summed E-state index contributed by atoms with van der Waals surface area (Å²) in [6, 6.07) is 8.82. The van der Waals surface area contributed by atoms with Gasteiger partial charge in [-0.25, -0.2) is 0 Å². The van der Waals surface area contributed by atoms with Crippen molar-refractivity contribution in [2.75, 3.05) is 13.2 Å². The van der Waals surface area contributed by atoms with Crippen molar-refractivity contribution in [2.45, 2.75) is 57.1 Å². The van der Waals surface area contributed by atoms with Gasteiger partial charge in [0.25, 0.3) is 0 Å². The number of ether oxygens (including phenoxy) is 2. The van der Waals surface area contributed by atoms with Gasteiger partial charge in [-0.15, -0.1) is 0 Å². The molecular weight excluding hydrogens is 250 g/mol. The predicted molar refractivity (Wildman–Crippen MR) is 80.5 cm³/mol. The Kier molecular flexibility index (Phi) is 4.16. The molecule has 1 aromatic rings. The van der Waals surface area contributed by atoms with Gasteiger partial charge in [0.05, 0.1) is 6.61 Å². The number of nitrogens with one attached hydrogen (secondary N) is 1. The van der Waals surface area contributed by atoms with E-state index in [9.17, 15) is 0 Å². The van der Waals surface area contributed by atoms with E-state index < -0.39 is 0 Å². The maximum atomic E-state index is 6.36. The average Bonchev–Trinajstić information content (AvgIpc) is 3.22. The average molecular weight is 275 g/mol. The fraction of sp³-hybridized carbons (Fsp3) is 0.647. The third kappa shape index (κ3) is 3.26. The highest BCUT2D eigenvalue weighted by atomic mass is 16.5. The molecule has 1 aromatic carbocycles. The van der Waals surface area contributed by atoms with Crippen molar-refractivity contribution in [1.82, 2.24) is 5.32 Å². The van der Waals surface area contributed by atoms with Crippen LogP contribution in [0.4, 0.5) is 0 Å². The molecule has 0 unspecified atom stereocenters. The summed E-state index contributed by atoms with van der Waals surface area (Å²) in [4.78, 5) is 0. The fourth-order valence-electron chi connectivity index (χ4n) is 2.81. The highest BCUT2D eigenvalue weighted by molar-refractivity contribution is 5.40. The molecule has 1 N–H and O–H groups in total. The van der Waals surface area contributed by atoms with E-state index in [0.717, 1.165) is 30.5 Å². The molecule has 2 aliphatic rings. The number of rotatable bonds is 8. The van der Waals surface area contributed by atoms with Crippen LogP contribution in [0.15, 0.2) is 24.3 Å². The van der Waals surface area contributed by atoms with Gasteiger partial charge in [0.2, 0.25) is 0 Å². The van der Waals surface area contributed by atoms with Gasteiger partial charge in [0.15, 0.2) is 11.5 Å². The summed E-state index contributed by atoms with van der Waals surface area (Å²) < 4.78 is 12.0. The quantitative estimate of drug-likeness (QED) is 0.787. The lowest BCUT2D eigenvalue weighted by Crippen LogP contribution is -2.45. The molecule has 3 heteroatoms. The Hall–Kier alpha value is -1.22. The van der Waals surface area contributed by atoms with Gasteiger partial charge in [-0.3, -0.25) is 0 Å². The van der Waals surface area contributed by atoms with Crippen LogP contribution in [0, 0.1) is 0 Å². The Morgan fingerprint density at radius 1 is 1.20 bits per heavy atom. The first kappa shape index (κ1) is 13.7. The highest BCUT2D eigenvalue weighted by Crippen LogP contribution is 2.42. The minimum Gasteiger partial charge on any atom is -0.490 e. The third-order valence-corrected chi connectivity index (χ3v) is 4.33. The van der Waals surface area contributed by atoms with Gasteiger partial charge in [-0.1, -0.05) is 12.1 Å². The maximum absolute atomic E-state index is 6.36. The zero-order valence-corrected chi connectivity index (χ0v) is 12.4. The molecule has 2 saturated carbocycles. The second-order valence-corrected chi connectivity index (χ2v) is 6.00. The van der Waals surface area contributed by atoms with E-state index >= 15 is 0 Å². The monoisotopic (exact) mass is 275 g/mol. The first-order chi connectivity index (χ1) is 9.81. The summed E-state index contributed by atoms with van der Waals surface area (Å²) in [5, 5.41) is 3.59. The molecule has 0 amide bonds. The third-order valence-electron chi connectivity index (χ3n) is 4.33. The molecule has 3 rings (SSSR count). The van der Waals surface area contributed by atoms with E-state index in [2.05, 4.69) is 5.32 Å². The van der Waals surface area contributed by atoms with Gasteiger partial charge in [-0.2, -0.15) is 0 Å². The molecule has 110 valence electrons. The molecule has 0 saturated heterocycles. The van der Waals surface area contributed by atoms with E-state index in [4.69, 9.17) is 9.47 Å². The normalized spacial score (nSPS) is 20.2. The fourth-order valence-corrected chi connectivity index (χ4v) is 2.81. The standard InChI is InChI=1S/C17H25NO2/c1-2-19-15-6-3-4-7-16(15)20-17(10-5-11-17)12-13-18-14-8-9-14/h3-4,6-7,14,18H,2,5,8-13H2,1H3. The van der Waals surface area contributed by atoms with Crippen molar-refractivity contribution in [3.05, 3.63) is 24.3 Å². The maximum Gasteiger partial charge on any atom is 0.162 e. The van der Waals surface area contributed by atoms with Crippen molar-refractivity contribution in [1.29, 1.82) is 0 Å². The Balaban J connectivity index is 1.61. The van der Waals surface area contributed by atoms with Gasteiger partial charge in [0.1, 0.15) is 5.60 Å². The Morgan fingerprint density at radius 3 is 2.55 bits per heavy atom. The van der Waals surface area contributed by atoms with Crippen LogP contribution in [-0.4, -0.2) is 24.8 Å². The van der Waals surface area contributed by atoms with Gasteiger partial charge in [-0.05, 0) is 64.1 Å². The van der Waals surface area contributed by atoms with Crippen LogP contribution in [0.25, 0.3) is 0 Å². The molecule has 0 radical (unpaired) electrons. The largest absolute Gasteiger partial charge is 0.490 e. The van der Waals surface area contributed by atoms with Crippen LogP contribution in [0.5, 0.6) is 11.5 Å². The molecule has 0 atom stereocenters. The van der Waals surface area contributed by atoms with E-state index in [-0.39, 0.29) is 5.60 Å². The first-order valence-corrected chi connectivity index (χ1v) is 7.95. The van der Waals surface area contributed by atoms with Crippen LogP contribution in [0.3, 0.4) is 0 Å². The topological polar surface area (TPSA) is 30.5 Å². The molecule has 0 bridgehead atoms. The molecule has 0 aromatic heterocycles. The second-order valence-electron chi connectivity index (χ2n) is 6.00. The summed E-state index contributed by atoms with van der Waals surface area (Å²) in [5.74, 6) is 1.77. The zero-order chi connectivity index (χ0) is 13.8. The Bertz CT molecular complexity index is 438. The molecule has 20 heavy (non-hydrogen) atoms. The van der Waals surface area contributed by atoms with Crippen molar-refractivity contribution >= 4 is 0 Å².